The summed E-state index contributed by atoms with van der Waals surface area (Å²) in [5.41, 5.74) is 7.03. The molecule has 5 nitrogen and oxygen atoms in total. The molecule has 15 heavy (non-hydrogen) atoms. The lowest BCUT2D eigenvalue weighted by Gasteiger charge is -2.12. The molecular formula is C9H16N4OS. The number of nitrogens with two attached hydrogens (primary N) is 1. The Morgan fingerprint density at radius 3 is 2.80 bits per heavy atom. The number of thiocarbonyl (C=S) groups is 1. The number of rotatable bonds is 5. The molecule has 0 aliphatic rings. The average molecular weight is 228 g/mol. The van der Waals surface area contributed by atoms with Crippen LogP contribution in [0.2, 0.25) is 0 Å². The van der Waals surface area contributed by atoms with Gasteiger partial charge in [-0.3, -0.25) is 0 Å². The summed E-state index contributed by atoms with van der Waals surface area (Å²) in [6, 6.07) is 0.237. The molecule has 1 heterocycles. The topological polar surface area (TPSA) is 66.0 Å². The summed E-state index contributed by atoms with van der Waals surface area (Å²) >= 11 is 4.87. The van der Waals surface area contributed by atoms with Gasteiger partial charge in [-0.15, -0.1) is 5.10 Å². The summed E-state index contributed by atoms with van der Waals surface area (Å²) in [7, 11) is 1.68. The molecule has 0 fully saturated rings. The van der Waals surface area contributed by atoms with Crippen LogP contribution in [0.1, 0.15) is 30.8 Å². The van der Waals surface area contributed by atoms with Crippen molar-refractivity contribution >= 4 is 17.2 Å². The summed E-state index contributed by atoms with van der Waals surface area (Å²) in [6.45, 7) is 4.67. The summed E-state index contributed by atoms with van der Waals surface area (Å²) in [5, 5.41) is 7.98. The van der Waals surface area contributed by atoms with Crippen LogP contribution >= 0.6 is 12.2 Å². The van der Waals surface area contributed by atoms with Crippen molar-refractivity contribution in [2.45, 2.75) is 26.3 Å². The van der Waals surface area contributed by atoms with E-state index in [4.69, 9.17) is 22.7 Å². The van der Waals surface area contributed by atoms with Gasteiger partial charge in [0.05, 0.1) is 11.7 Å². The van der Waals surface area contributed by atoms with E-state index < -0.39 is 0 Å². The van der Waals surface area contributed by atoms with Gasteiger partial charge in [0.15, 0.2) is 0 Å². The van der Waals surface area contributed by atoms with Crippen LogP contribution in [0.25, 0.3) is 0 Å². The Morgan fingerprint density at radius 1 is 1.67 bits per heavy atom. The molecule has 1 aromatic heterocycles. The van der Waals surface area contributed by atoms with Crippen molar-refractivity contribution in [1.29, 1.82) is 0 Å². The quantitative estimate of drug-likeness (QED) is 0.756. The maximum absolute atomic E-state index is 5.52. The second-order valence-corrected chi connectivity index (χ2v) is 3.90. The van der Waals surface area contributed by atoms with Gasteiger partial charge in [0.25, 0.3) is 0 Å². The predicted molar refractivity (Wildman–Crippen MR) is 61.9 cm³/mol. The van der Waals surface area contributed by atoms with Crippen LogP contribution in [0, 0.1) is 6.92 Å². The standard InChI is InChI=1S/C9H16N4OS/c1-6(4-5-14-3)13-7(2)8(9(10)15)11-12-13/h6H,4-5H2,1-3H3,(H2,10,15). The van der Waals surface area contributed by atoms with E-state index in [2.05, 4.69) is 17.2 Å². The summed E-state index contributed by atoms with van der Waals surface area (Å²) in [5.74, 6) is 0. The van der Waals surface area contributed by atoms with E-state index in [0.29, 0.717) is 12.3 Å². The molecule has 1 aromatic rings. The number of nitrogens with zero attached hydrogens (tertiary/aromatic N) is 3. The van der Waals surface area contributed by atoms with Crippen molar-refractivity contribution in [3.8, 4) is 0 Å². The van der Waals surface area contributed by atoms with Gasteiger partial charge in [0.2, 0.25) is 0 Å². The van der Waals surface area contributed by atoms with Crippen molar-refractivity contribution < 1.29 is 4.74 Å². The molecule has 1 rings (SSSR count). The lowest BCUT2D eigenvalue weighted by molar-refractivity contribution is 0.178. The first-order chi connectivity index (χ1) is 7.07. The molecule has 1 atom stereocenters. The van der Waals surface area contributed by atoms with Crippen LogP contribution < -0.4 is 5.73 Å². The van der Waals surface area contributed by atoms with Gasteiger partial charge in [-0.1, -0.05) is 17.4 Å². The smallest absolute Gasteiger partial charge is 0.142 e. The minimum atomic E-state index is 0.237. The molecular weight excluding hydrogens is 212 g/mol. The number of hydrogen-bond acceptors (Lipinski definition) is 4. The first-order valence-electron chi connectivity index (χ1n) is 4.78. The fraction of sp³-hybridized carbons (Fsp3) is 0.667. The first-order valence-corrected chi connectivity index (χ1v) is 5.19. The Morgan fingerprint density at radius 2 is 2.33 bits per heavy atom. The third-order valence-corrected chi connectivity index (χ3v) is 2.51. The van der Waals surface area contributed by atoms with Gasteiger partial charge in [-0.2, -0.15) is 0 Å². The molecule has 0 saturated carbocycles. The Hall–Kier alpha value is -1.01. The van der Waals surface area contributed by atoms with Crippen LogP contribution in [0.5, 0.6) is 0 Å². The van der Waals surface area contributed by atoms with Crippen molar-refractivity contribution in [3.05, 3.63) is 11.4 Å². The highest BCUT2D eigenvalue weighted by Crippen LogP contribution is 2.13. The second-order valence-electron chi connectivity index (χ2n) is 3.46. The predicted octanol–water partition coefficient (Wildman–Crippen LogP) is 0.818. The minimum Gasteiger partial charge on any atom is -0.388 e. The minimum absolute atomic E-state index is 0.237. The Kier molecular flexibility index (Phi) is 4.16. The Balaban J connectivity index is 2.81. The van der Waals surface area contributed by atoms with Crippen LogP contribution in [0.4, 0.5) is 0 Å². The van der Waals surface area contributed by atoms with E-state index in [1.54, 1.807) is 7.11 Å². The van der Waals surface area contributed by atoms with Gasteiger partial charge < -0.3 is 10.5 Å². The lowest BCUT2D eigenvalue weighted by Crippen LogP contribution is -2.14. The SMILES string of the molecule is COCCC(C)n1nnc(C(N)=S)c1C. The Bertz CT molecular complexity index is 350. The van der Waals surface area contributed by atoms with Crippen molar-refractivity contribution in [2.24, 2.45) is 5.73 Å². The second kappa shape index (κ2) is 5.18. The van der Waals surface area contributed by atoms with Gasteiger partial charge in [0.1, 0.15) is 10.7 Å². The first kappa shape index (κ1) is 12.1. The third kappa shape index (κ3) is 2.73. The summed E-state index contributed by atoms with van der Waals surface area (Å²) in [6.07, 6.45) is 0.886. The normalized spacial score (nSPS) is 12.7. The third-order valence-electron chi connectivity index (χ3n) is 2.32. The van der Waals surface area contributed by atoms with E-state index in [-0.39, 0.29) is 11.0 Å². The van der Waals surface area contributed by atoms with Crippen LogP contribution in [-0.4, -0.2) is 33.7 Å². The number of hydrogen-bond donors (Lipinski definition) is 1. The van der Waals surface area contributed by atoms with Crippen molar-refractivity contribution in [3.63, 3.8) is 0 Å². The molecule has 0 amide bonds. The number of aromatic nitrogens is 3. The largest absolute Gasteiger partial charge is 0.388 e. The van der Waals surface area contributed by atoms with Crippen LogP contribution in [-0.2, 0) is 4.74 Å². The number of ether oxygens (including phenoxy) is 1. The molecule has 0 radical (unpaired) electrons. The molecule has 6 heteroatoms. The van der Waals surface area contributed by atoms with Gasteiger partial charge in [-0.25, -0.2) is 4.68 Å². The molecule has 0 aliphatic heterocycles. The zero-order valence-corrected chi connectivity index (χ0v) is 10.0. The highest BCUT2D eigenvalue weighted by molar-refractivity contribution is 7.80. The van der Waals surface area contributed by atoms with E-state index >= 15 is 0 Å². The zero-order valence-electron chi connectivity index (χ0n) is 9.23. The molecule has 1 unspecified atom stereocenters. The highest BCUT2D eigenvalue weighted by Gasteiger charge is 2.14. The van der Waals surface area contributed by atoms with E-state index in [1.165, 1.54) is 0 Å². The molecule has 0 saturated heterocycles. The highest BCUT2D eigenvalue weighted by atomic mass is 32.1. The molecule has 0 aromatic carbocycles. The number of methoxy groups -OCH3 is 1. The molecule has 0 spiro atoms. The summed E-state index contributed by atoms with van der Waals surface area (Å²) < 4.78 is 6.84. The fourth-order valence-corrected chi connectivity index (χ4v) is 1.59. The monoisotopic (exact) mass is 228 g/mol. The van der Waals surface area contributed by atoms with Gasteiger partial charge in [-0.05, 0) is 20.3 Å². The maximum Gasteiger partial charge on any atom is 0.142 e. The van der Waals surface area contributed by atoms with Crippen molar-refractivity contribution in [2.75, 3.05) is 13.7 Å². The molecule has 0 aliphatic carbocycles. The van der Waals surface area contributed by atoms with Gasteiger partial charge >= 0.3 is 0 Å². The maximum atomic E-state index is 5.52. The van der Waals surface area contributed by atoms with Crippen LogP contribution in [0.3, 0.4) is 0 Å². The molecule has 84 valence electrons. The molecule has 2 N–H and O–H groups in total. The summed E-state index contributed by atoms with van der Waals surface area (Å²) in [4.78, 5) is 0.290. The lowest BCUT2D eigenvalue weighted by atomic mass is 10.2. The fourth-order valence-electron chi connectivity index (χ4n) is 1.40. The zero-order chi connectivity index (χ0) is 11.4. The Labute approximate surface area is 94.6 Å². The van der Waals surface area contributed by atoms with E-state index in [9.17, 15) is 0 Å². The average Bonchev–Trinajstić information content (AvgIpc) is 2.56. The van der Waals surface area contributed by atoms with Crippen molar-refractivity contribution in [1.82, 2.24) is 15.0 Å². The molecule has 0 bridgehead atoms. The van der Waals surface area contributed by atoms with E-state index in [0.717, 1.165) is 12.1 Å². The van der Waals surface area contributed by atoms with Gasteiger partial charge in [0, 0.05) is 13.7 Å². The van der Waals surface area contributed by atoms with Crippen LogP contribution in [0.15, 0.2) is 0 Å². The van der Waals surface area contributed by atoms with E-state index in [1.807, 2.05) is 11.6 Å².